The summed E-state index contributed by atoms with van der Waals surface area (Å²) in [6, 6.07) is 0. The fourth-order valence-corrected chi connectivity index (χ4v) is 0. The second-order valence-electron chi connectivity index (χ2n) is 0.814. The van der Waals surface area contributed by atoms with Crippen LogP contribution in [0.4, 0.5) is 0 Å². The van der Waals surface area contributed by atoms with E-state index in [1.54, 1.807) is 0 Å². The van der Waals surface area contributed by atoms with Crippen LogP contribution in [-0.4, -0.2) is 16.8 Å². The van der Waals surface area contributed by atoms with Crippen molar-refractivity contribution in [3.63, 3.8) is 0 Å². The fraction of sp³-hybridized carbons (Fsp3) is 1.00. The van der Waals surface area contributed by atoms with E-state index in [2.05, 4.69) is 0 Å². The predicted octanol–water partition coefficient (Wildman–Crippen LogP) is -1.28. The molecule has 0 aromatic carbocycles. The van der Waals surface area contributed by atoms with Gasteiger partial charge in [0, 0.05) is 0 Å². The number of rotatable bonds is 1. The quantitative estimate of drug-likeness (QED) is 0.335. The van der Waals surface area contributed by atoms with E-state index in [0.29, 0.717) is 0 Å². The summed E-state index contributed by atoms with van der Waals surface area (Å²) in [6.45, 7) is 2.62. The predicted molar refractivity (Wildman–Crippen MR) is 24.6 cm³/mol. The van der Waals surface area contributed by atoms with Crippen molar-refractivity contribution >= 4 is 0 Å². The minimum Gasteiger partial charge on any atom is -0.356 e. The summed E-state index contributed by atoms with van der Waals surface area (Å²) in [5.41, 5.74) is 1.12. The summed E-state index contributed by atoms with van der Waals surface area (Å²) in [5.74, 6) is 0. The Balaban J connectivity index is 0. The molecule has 0 radical (unpaired) electrons. The molecule has 6 nitrogen and oxygen atoms in total. The van der Waals surface area contributed by atoms with E-state index >= 15 is 0 Å². The van der Waals surface area contributed by atoms with Gasteiger partial charge in [-0.05, 0) is 6.92 Å². The highest BCUT2D eigenvalue weighted by Crippen LogP contribution is 1.44. The minimum absolute atomic E-state index is 0.750. The minimum atomic E-state index is -1.75. The first-order valence-corrected chi connectivity index (χ1v) is 1.92. The topological polar surface area (TPSA) is 103 Å². The van der Waals surface area contributed by atoms with E-state index in [1.807, 2.05) is 6.92 Å². The molecule has 0 aliphatic carbocycles. The van der Waals surface area contributed by atoms with Crippen molar-refractivity contribution in [3.8, 4) is 0 Å². The van der Waals surface area contributed by atoms with Gasteiger partial charge in [0.05, 0.1) is 5.09 Å². The molecule has 8 heavy (non-hydrogen) atoms. The lowest BCUT2D eigenvalue weighted by Crippen LogP contribution is -2.79. The van der Waals surface area contributed by atoms with E-state index in [1.165, 1.54) is 0 Å². The SMILES string of the molecule is CC[NH2+]O.O=[N+]([O-])[O-]. The van der Waals surface area contributed by atoms with Gasteiger partial charge >= 0.3 is 0 Å². The molecule has 0 fully saturated rings. The third-order valence-electron chi connectivity index (χ3n) is 0.183. The number of nitrogens with zero attached hydrogens (tertiary/aromatic N) is 1. The third kappa shape index (κ3) is 6040. The summed E-state index contributed by atoms with van der Waals surface area (Å²) in [6.07, 6.45) is 0. The molecule has 0 bridgehead atoms. The Labute approximate surface area is 45.8 Å². The average Bonchev–Trinajstić information content (AvgIpc) is 1.65. The fourth-order valence-electron chi connectivity index (χ4n) is 0. The molecule has 0 spiro atoms. The number of quaternary nitrogens is 1. The zero-order valence-corrected chi connectivity index (χ0v) is 4.40. The third-order valence-corrected chi connectivity index (χ3v) is 0.183. The highest BCUT2D eigenvalue weighted by molar-refractivity contribution is 4.03. The van der Waals surface area contributed by atoms with Gasteiger partial charge < -0.3 is 15.3 Å². The maximum Gasteiger partial charge on any atom is 0.102 e. The van der Waals surface area contributed by atoms with Crippen LogP contribution < -0.4 is 5.48 Å². The molecular formula is C2H8N2O4. The van der Waals surface area contributed by atoms with Crippen molar-refractivity contribution in [2.75, 3.05) is 6.54 Å². The lowest BCUT2D eigenvalue weighted by Gasteiger charge is -1.74. The van der Waals surface area contributed by atoms with Gasteiger partial charge in [-0.2, -0.15) is 0 Å². The van der Waals surface area contributed by atoms with Gasteiger partial charge in [-0.3, -0.25) is 0 Å². The summed E-state index contributed by atoms with van der Waals surface area (Å²) in [5, 5.41) is 22.5. The number of nitrogens with two attached hydrogens (primary N) is 1. The van der Waals surface area contributed by atoms with Crippen LogP contribution in [0.2, 0.25) is 0 Å². The van der Waals surface area contributed by atoms with Crippen LogP contribution in [-0.2, 0) is 0 Å². The largest absolute Gasteiger partial charge is 0.356 e. The van der Waals surface area contributed by atoms with Crippen molar-refractivity contribution in [3.05, 3.63) is 15.3 Å². The van der Waals surface area contributed by atoms with Crippen molar-refractivity contribution in [2.24, 2.45) is 0 Å². The number of hydroxylamine groups is 1. The maximum atomic E-state index is 8.25. The van der Waals surface area contributed by atoms with Gasteiger partial charge in [-0.15, -0.1) is 0 Å². The van der Waals surface area contributed by atoms with Gasteiger partial charge in [0.1, 0.15) is 6.54 Å². The molecule has 6 heteroatoms. The van der Waals surface area contributed by atoms with Gasteiger partial charge in [0.15, 0.2) is 0 Å². The molecule has 0 heterocycles. The molecule has 0 unspecified atom stereocenters. The molecule has 0 aromatic heterocycles. The maximum absolute atomic E-state index is 8.25. The molecule has 0 amide bonds. The second kappa shape index (κ2) is 9.45. The van der Waals surface area contributed by atoms with Crippen molar-refractivity contribution in [1.82, 2.24) is 0 Å². The molecule has 0 saturated heterocycles. The summed E-state index contributed by atoms with van der Waals surface area (Å²) in [7, 11) is 0. The van der Waals surface area contributed by atoms with Crippen LogP contribution in [0.5, 0.6) is 0 Å². The molecule has 0 saturated carbocycles. The first-order valence-electron chi connectivity index (χ1n) is 1.92. The Morgan fingerprint density at radius 1 is 1.75 bits per heavy atom. The zero-order valence-electron chi connectivity index (χ0n) is 4.40. The van der Waals surface area contributed by atoms with Crippen LogP contribution in [0.15, 0.2) is 0 Å². The van der Waals surface area contributed by atoms with E-state index in [-0.39, 0.29) is 0 Å². The van der Waals surface area contributed by atoms with Crippen molar-refractivity contribution in [2.45, 2.75) is 6.92 Å². The van der Waals surface area contributed by atoms with Crippen LogP contribution in [0, 0.1) is 15.3 Å². The molecule has 0 aromatic rings. The summed E-state index contributed by atoms with van der Waals surface area (Å²) in [4.78, 5) is 8.25. The standard InChI is InChI=1S/C2H7NO.NO3/c1-2-3-4;2-1(3)4/h3-4H,2H2,1H3;/q;-1/p+1. The zero-order chi connectivity index (χ0) is 6.99. The van der Waals surface area contributed by atoms with Gasteiger partial charge in [0.2, 0.25) is 0 Å². The van der Waals surface area contributed by atoms with Crippen LogP contribution in [0.3, 0.4) is 0 Å². The highest BCUT2D eigenvalue weighted by atomic mass is 16.9. The Hall–Kier alpha value is -0.880. The highest BCUT2D eigenvalue weighted by Gasteiger charge is 1.57. The number of hydrogen-bond donors (Lipinski definition) is 2. The molecular weight excluding hydrogens is 116 g/mol. The lowest BCUT2D eigenvalue weighted by atomic mass is 10.8. The molecule has 50 valence electrons. The normalized spacial score (nSPS) is 6.75. The smallest absolute Gasteiger partial charge is 0.102 e. The van der Waals surface area contributed by atoms with Crippen molar-refractivity contribution < 1.29 is 15.8 Å². The molecule has 0 rings (SSSR count). The Morgan fingerprint density at radius 2 is 1.88 bits per heavy atom. The Kier molecular flexibility index (Phi) is 12.0. The summed E-state index contributed by atoms with van der Waals surface area (Å²) < 4.78 is 0. The van der Waals surface area contributed by atoms with Gasteiger partial charge in [-0.25, -0.2) is 10.7 Å². The first-order chi connectivity index (χ1) is 3.65. The lowest BCUT2D eigenvalue weighted by molar-refractivity contribution is -0.884. The molecule has 0 aliphatic heterocycles. The Bertz CT molecular complexity index is 50.0. The number of hydrogen-bond acceptors (Lipinski definition) is 4. The molecule has 0 aliphatic rings. The van der Waals surface area contributed by atoms with Gasteiger partial charge in [-0.1, -0.05) is 0 Å². The summed E-state index contributed by atoms with van der Waals surface area (Å²) >= 11 is 0. The monoisotopic (exact) mass is 124 g/mol. The van der Waals surface area contributed by atoms with E-state index < -0.39 is 5.09 Å². The van der Waals surface area contributed by atoms with E-state index in [9.17, 15) is 0 Å². The van der Waals surface area contributed by atoms with E-state index in [4.69, 9.17) is 20.5 Å². The molecule has 3 N–H and O–H groups in total. The molecule has 0 atom stereocenters. The van der Waals surface area contributed by atoms with Gasteiger partial charge in [0.25, 0.3) is 0 Å². The second-order valence-corrected chi connectivity index (χ2v) is 0.814. The van der Waals surface area contributed by atoms with Crippen LogP contribution in [0.25, 0.3) is 0 Å². The van der Waals surface area contributed by atoms with Crippen LogP contribution >= 0.6 is 0 Å². The van der Waals surface area contributed by atoms with Crippen LogP contribution in [0.1, 0.15) is 6.92 Å². The Morgan fingerprint density at radius 3 is 1.88 bits per heavy atom. The van der Waals surface area contributed by atoms with Crippen molar-refractivity contribution in [1.29, 1.82) is 0 Å². The average molecular weight is 124 g/mol. The first kappa shape index (κ1) is 10.2. The van der Waals surface area contributed by atoms with E-state index in [0.717, 1.165) is 12.0 Å².